The smallest absolute Gasteiger partial charge is 0.422 e. The molecule has 1 aromatic heterocycles. The molecule has 0 aliphatic carbocycles. The summed E-state index contributed by atoms with van der Waals surface area (Å²) in [5.41, 5.74) is 5.27. The number of nitrogens with zero attached hydrogens (tertiary/aromatic N) is 3. The van der Waals surface area contributed by atoms with Gasteiger partial charge in [0.05, 0.1) is 5.56 Å². The highest BCUT2D eigenvalue weighted by atomic mass is 19.4. The predicted molar refractivity (Wildman–Crippen MR) is 131 cm³/mol. The summed E-state index contributed by atoms with van der Waals surface area (Å²) in [6.45, 7) is -0.435. The van der Waals surface area contributed by atoms with Gasteiger partial charge in [0, 0.05) is 43.4 Å². The molecule has 0 saturated heterocycles. The highest BCUT2D eigenvalue weighted by Gasteiger charge is 2.28. The third-order valence-corrected chi connectivity index (χ3v) is 6.59. The molecule has 1 aliphatic heterocycles. The SMILES string of the molecule is CN(c1ccc(OCC(F)(F)F)cc1)c1ccc2c(c1)CCN(C)[C@H]2CCc1cnccc1C(=O)O. The molecule has 2 heterocycles. The number of anilines is 2. The van der Waals surface area contributed by atoms with Crippen molar-refractivity contribution in [1.82, 2.24) is 9.88 Å². The van der Waals surface area contributed by atoms with Crippen LogP contribution in [0.5, 0.6) is 5.75 Å². The van der Waals surface area contributed by atoms with Gasteiger partial charge in [0.15, 0.2) is 6.61 Å². The topological polar surface area (TPSA) is 65.9 Å². The number of aromatic nitrogens is 1. The molecule has 0 amide bonds. The van der Waals surface area contributed by atoms with Crippen molar-refractivity contribution in [3.05, 3.63) is 83.2 Å². The number of likely N-dealkylation sites (N-methyl/N-ethyl adjacent to an activating group) is 1. The Morgan fingerprint density at radius 1 is 1.17 bits per heavy atom. The summed E-state index contributed by atoms with van der Waals surface area (Å²) in [5.74, 6) is -0.780. The number of benzene rings is 2. The van der Waals surface area contributed by atoms with E-state index in [1.54, 1.807) is 18.3 Å². The molecule has 0 spiro atoms. The van der Waals surface area contributed by atoms with Crippen molar-refractivity contribution < 1.29 is 27.8 Å². The lowest BCUT2D eigenvalue weighted by atomic mass is 9.88. The van der Waals surface area contributed by atoms with Crippen LogP contribution in [-0.2, 0) is 12.8 Å². The molecule has 0 saturated carbocycles. The number of halogens is 3. The first kappa shape index (κ1) is 25.5. The molecule has 6 nitrogen and oxygen atoms in total. The number of rotatable bonds is 8. The molecule has 1 aliphatic rings. The number of alkyl halides is 3. The molecular formula is C27H28F3N3O3. The van der Waals surface area contributed by atoms with Gasteiger partial charge in [0.2, 0.25) is 0 Å². The van der Waals surface area contributed by atoms with Gasteiger partial charge in [-0.15, -0.1) is 0 Å². The van der Waals surface area contributed by atoms with E-state index in [1.165, 1.54) is 35.5 Å². The molecule has 0 unspecified atom stereocenters. The van der Waals surface area contributed by atoms with E-state index in [-0.39, 0.29) is 17.4 Å². The van der Waals surface area contributed by atoms with Crippen LogP contribution in [0.4, 0.5) is 24.5 Å². The van der Waals surface area contributed by atoms with Crippen molar-refractivity contribution in [2.24, 2.45) is 0 Å². The van der Waals surface area contributed by atoms with E-state index in [1.807, 2.05) is 18.0 Å². The van der Waals surface area contributed by atoms with Crippen molar-refractivity contribution in [3.63, 3.8) is 0 Å². The molecule has 4 rings (SSSR count). The first-order valence-electron chi connectivity index (χ1n) is 11.6. The van der Waals surface area contributed by atoms with E-state index < -0.39 is 18.8 Å². The Hall–Kier alpha value is -3.59. The van der Waals surface area contributed by atoms with Crippen LogP contribution in [0.2, 0.25) is 0 Å². The van der Waals surface area contributed by atoms with Crippen molar-refractivity contribution >= 4 is 17.3 Å². The molecule has 0 radical (unpaired) electrons. The number of pyridine rings is 1. The molecule has 0 fully saturated rings. The van der Waals surface area contributed by atoms with Crippen molar-refractivity contribution in [2.75, 3.05) is 32.1 Å². The normalized spacial score (nSPS) is 15.9. The Kier molecular flexibility index (Phi) is 7.49. The molecule has 9 heteroatoms. The van der Waals surface area contributed by atoms with Gasteiger partial charge in [0.25, 0.3) is 0 Å². The minimum atomic E-state index is -4.37. The molecular weight excluding hydrogens is 471 g/mol. The number of fused-ring (bicyclic) bond motifs is 1. The Bertz CT molecular complexity index is 1210. The molecule has 1 atom stereocenters. The molecule has 36 heavy (non-hydrogen) atoms. The predicted octanol–water partition coefficient (Wildman–Crippen LogP) is 5.65. The van der Waals surface area contributed by atoms with Crippen molar-refractivity contribution in [2.45, 2.75) is 31.5 Å². The van der Waals surface area contributed by atoms with Gasteiger partial charge < -0.3 is 14.7 Å². The minimum Gasteiger partial charge on any atom is -0.484 e. The van der Waals surface area contributed by atoms with Gasteiger partial charge in [-0.3, -0.25) is 9.88 Å². The molecule has 190 valence electrons. The monoisotopic (exact) mass is 499 g/mol. The lowest BCUT2D eigenvalue weighted by molar-refractivity contribution is -0.153. The first-order valence-corrected chi connectivity index (χ1v) is 11.6. The minimum absolute atomic E-state index is 0.153. The maximum Gasteiger partial charge on any atom is 0.422 e. The van der Waals surface area contributed by atoms with Crippen LogP contribution in [0.3, 0.4) is 0 Å². The lowest BCUT2D eigenvalue weighted by Crippen LogP contribution is -2.32. The second-order valence-corrected chi connectivity index (χ2v) is 8.96. The Balaban J connectivity index is 1.48. The summed E-state index contributed by atoms with van der Waals surface area (Å²) in [4.78, 5) is 19.9. The first-order chi connectivity index (χ1) is 17.1. The Morgan fingerprint density at radius 3 is 2.58 bits per heavy atom. The van der Waals surface area contributed by atoms with Gasteiger partial charge in [-0.1, -0.05) is 6.07 Å². The van der Waals surface area contributed by atoms with Crippen LogP contribution >= 0.6 is 0 Å². The lowest BCUT2D eigenvalue weighted by Gasteiger charge is -2.35. The average Bonchev–Trinajstić information content (AvgIpc) is 2.86. The van der Waals surface area contributed by atoms with Crippen LogP contribution in [0, 0.1) is 0 Å². The number of carboxylic acid groups (broad SMARTS) is 1. The van der Waals surface area contributed by atoms with Crippen LogP contribution in [0.25, 0.3) is 0 Å². The van der Waals surface area contributed by atoms with Crippen LogP contribution in [-0.4, -0.2) is 54.4 Å². The van der Waals surface area contributed by atoms with Gasteiger partial charge in [-0.25, -0.2) is 4.79 Å². The zero-order valence-electron chi connectivity index (χ0n) is 20.1. The Morgan fingerprint density at radius 2 is 1.89 bits per heavy atom. The quantitative estimate of drug-likeness (QED) is 0.432. The van der Waals surface area contributed by atoms with Crippen molar-refractivity contribution in [1.29, 1.82) is 0 Å². The molecule has 2 aromatic carbocycles. The summed E-state index contributed by atoms with van der Waals surface area (Å²) in [5, 5.41) is 9.47. The van der Waals surface area contributed by atoms with Gasteiger partial charge in [0.1, 0.15) is 5.75 Å². The summed E-state index contributed by atoms with van der Waals surface area (Å²) in [7, 11) is 3.99. The second-order valence-electron chi connectivity index (χ2n) is 8.96. The van der Waals surface area contributed by atoms with E-state index in [9.17, 15) is 23.1 Å². The largest absolute Gasteiger partial charge is 0.484 e. The Labute approximate surface area is 207 Å². The number of hydrogen-bond acceptors (Lipinski definition) is 5. The van der Waals surface area contributed by atoms with E-state index in [0.29, 0.717) is 6.42 Å². The zero-order chi connectivity index (χ0) is 25.9. The second kappa shape index (κ2) is 10.6. The number of ether oxygens (including phenoxy) is 1. The fourth-order valence-electron chi connectivity index (χ4n) is 4.62. The molecule has 3 aromatic rings. The number of aryl methyl sites for hydroxylation is 1. The number of carbonyl (C=O) groups is 1. The maximum atomic E-state index is 12.4. The van der Waals surface area contributed by atoms with Crippen LogP contribution in [0.1, 0.15) is 39.5 Å². The molecule has 0 bridgehead atoms. The fourth-order valence-corrected chi connectivity index (χ4v) is 4.62. The standard InChI is InChI=1S/C27H28F3N3O3/c1-32-14-12-18-15-21(33(2)20-4-7-22(8-5-20)36-17-27(28,29)30)6-9-23(18)25(32)10-3-19-16-31-13-11-24(19)26(34)35/h4-9,11,13,15-16,25H,3,10,12,14,17H2,1-2H3,(H,34,35)/t25-/m0/s1. The summed E-state index contributed by atoms with van der Waals surface area (Å²) in [6, 6.07) is 14.5. The summed E-state index contributed by atoms with van der Waals surface area (Å²) < 4.78 is 41.9. The van der Waals surface area contributed by atoms with E-state index in [4.69, 9.17) is 4.74 Å². The van der Waals surface area contributed by atoms with Crippen molar-refractivity contribution in [3.8, 4) is 5.75 Å². The van der Waals surface area contributed by atoms with Gasteiger partial charge >= 0.3 is 12.1 Å². The van der Waals surface area contributed by atoms with Gasteiger partial charge in [-0.05, 0) is 85.5 Å². The average molecular weight is 500 g/mol. The highest BCUT2D eigenvalue weighted by molar-refractivity contribution is 5.89. The molecule has 1 N–H and O–H groups in total. The number of aromatic carboxylic acids is 1. The van der Waals surface area contributed by atoms with E-state index in [0.717, 1.165) is 36.3 Å². The van der Waals surface area contributed by atoms with Crippen LogP contribution in [0.15, 0.2) is 60.9 Å². The number of hydrogen-bond donors (Lipinski definition) is 1. The summed E-state index contributed by atoms with van der Waals surface area (Å²) >= 11 is 0. The zero-order valence-corrected chi connectivity index (χ0v) is 20.1. The van der Waals surface area contributed by atoms with Crippen LogP contribution < -0.4 is 9.64 Å². The summed E-state index contributed by atoms with van der Waals surface area (Å²) in [6.07, 6.45) is 1.02. The van der Waals surface area contributed by atoms with E-state index >= 15 is 0 Å². The highest BCUT2D eigenvalue weighted by Crippen LogP contribution is 2.36. The maximum absolute atomic E-state index is 12.4. The third-order valence-electron chi connectivity index (χ3n) is 6.59. The third kappa shape index (κ3) is 5.96. The van der Waals surface area contributed by atoms with Gasteiger partial charge in [-0.2, -0.15) is 13.2 Å². The fraction of sp³-hybridized carbons (Fsp3) is 0.333. The number of carboxylic acids is 1. The van der Waals surface area contributed by atoms with E-state index in [2.05, 4.69) is 29.1 Å².